The van der Waals surface area contributed by atoms with Gasteiger partial charge in [-0.05, 0) is 12.5 Å². The normalized spacial score (nSPS) is 10.1. The lowest BCUT2D eigenvalue weighted by Crippen LogP contribution is -2.29. The summed E-state index contributed by atoms with van der Waals surface area (Å²) in [5.74, 6) is 0.302. The van der Waals surface area contributed by atoms with Crippen molar-refractivity contribution in [3.05, 3.63) is 28.3 Å². The maximum Gasteiger partial charge on any atom is 0.273 e. The molecule has 22 heavy (non-hydrogen) atoms. The van der Waals surface area contributed by atoms with Crippen molar-refractivity contribution < 1.29 is 19.2 Å². The molecule has 7 nitrogen and oxygen atoms in total. The Morgan fingerprint density at radius 2 is 2.05 bits per heavy atom. The molecule has 1 rings (SSSR count). The number of benzene rings is 1. The predicted molar refractivity (Wildman–Crippen MR) is 82.3 cm³/mol. The van der Waals surface area contributed by atoms with E-state index in [4.69, 9.17) is 9.47 Å². The van der Waals surface area contributed by atoms with Crippen LogP contribution < -0.4 is 14.8 Å². The molecule has 7 heteroatoms. The molecule has 0 aliphatic rings. The van der Waals surface area contributed by atoms with Gasteiger partial charge in [0.05, 0.1) is 18.1 Å². The van der Waals surface area contributed by atoms with E-state index in [9.17, 15) is 14.9 Å². The summed E-state index contributed by atoms with van der Waals surface area (Å²) in [6, 6.07) is 3.99. The maximum absolute atomic E-state index is 11.6. The molecular weight excluding hydrogens is 288 g/mol. The summed E-state index contributed by atoms with van der Waals surface area (Å²) < 4.78 is 10.4. The highest BCUT2D eigenvalue weighted by Crippen LogP contribution is 2.30. The number of methoxy groups -OCH3 is 1. The number of nitro benzene ring substituents is 1. The van der Waals surface area contributed by atoms with Gasteiger partial charge >= 0.3 is 0 Å². The molecule has 0 aliphatic carbocycles. The van der Waals surface area contributed by atoms with Gasteiger partial charge in [-0.2, -0.15) is 0 Å². The number of nitro groups is 1. The van der Waals surface area contributed by atoms with Crippen LogP contribution in [0.2, 0.25) is 0 Å². The number of unbranched alkanes of at least 4 members (excludes halogenated alkanes) is 3. The van der Waals surface area contributed by atoms with Crippen LogP contribution >= 0.6 is 0 Å². The van der Waals surface area contributed by atoms with E-state index >= 15 is 0 Å². The number of carbonyl (C=O) groups is 1. The van der Waals surface area contributed by atoms with Crippen LogP contribution in [0, 0.1) is 10.1 Å². The first-order valence-corrected chi connectivity index (χ1v) is 7.30. The van der Waals surface area contributed by atoms with E-state index in [1.807, 2.05) is 0 Å². The number of nitrogens with zero attached hydrogens (tertiary/aromatic N) is 1. The lowest BCUT2D eigenvalue weighted by molar-refractivity contribution is -0.384. The minimum absolute atomic E-state index is 0.0930. The summed E-state index contributed by atoms with van der Waals surface area (Å²) in [6.07, 6.45) is 4.34. The highest BCUT2D eigenvalue weighted by molar-refractivity contribution is 5.77. The van der Waals surface area contributed by atoms with Crippen LogP contribution in [0.5, 0.6) is 11.5 Å². The van der Waals surface area contributed by atoms with Crippen molar-refractivity contribution >= 4 is 11.6 Å². The van der Waals surface area contributed by atoms with Gasteiger partial charge in [0.1, 0.15) is 0 Å². The molecule has 0 saturated carbocycles. The van der Waals surface area contributed by atoms with Gasteiger partial charge in [-0.1, -0.05) is 26.2 Å². The Bertz CT molecular complexity index is 505. The fraction of sp³-hybridized carbons (Fsp3) is 0.533. The van der Waals surface area contributed by atoms with Crippen molar-refractivity contribution in [3.63, 3.8) is 0 Å². The van der Waals surface area contributed by atoms with E-state index in [0.29, 0.717) is 12.3 Å². The van der Waals surface area contributed by atoms with Gasteiger partial charge in [-0.15, -0.1) is 0 Å². The second-order valence-corrected chi connectivity index (χ2v) is 4.79. The molecule has 0 saturated heterocycles. The first kappa shape index (κ1) is 17.7. The smallest absolute Gasteiger partial charge is 0.273 e. The van der Waals surface area contributed by atoms with E-state index in [1.54, 1.807) is 0 Å². The number of carbonyl (C=O) groups excluding carboxylic acids is 1. The highest BCUT2D eigenvalue weighted by atomic mass is 16.6. The molecule has 122 valence electrons. The minimum Gasteiger partial charge on any atom is -0.493 e. The van der Waals surface area contributed by atoms with E-state index in [-0.39, 0.29) is 24.0 Å². The molecule has 0 aliphatic heterocycles. The van der Waals surface area contributed by atoms with Crippen LogP contribution in [0.25, 0.3) is 0 Å². The van der Waals surface area contributed by atoms with Gasteiger partial charge in [-0.25, -0.2) is 0 Å². The number of ether oxygens (including phenoxy) is 2. The molecule has 0 heterocycles. The third kappa shape index (κ3) is 5.99. The number of non-ortho nitro benzene ring substituents is 1. The summed E-state index contributed by atoms with van der Waals surface area (Å²) in [7, 11) is 1.39. The summed E-state index contributed by atoms with van der Waals surface area (Å²) >= 11 is 0. The molecule has 0 bridgehead atoms. The van der Waals surface area contributed by atoms with Crippen molar-refractivity contribution in [1.29, 1.82) is 0 Å². The van der Waals surface area contributed by atoms with Crippen LogP contribution in [0.1, 0.15) is 32.6 Å². The Kier molecular flexibility index (Phi) is 7.74. The van der Waals surface area contributed by atoms with Gasteiger partial charge in [0, 0.05) is 12.6 Å². The lowest BCUT2D eigenvalue weighted by atomic mass is 10.2. The van der Waals surface area contributed by atoms with Crippen molar-refractivity contribution in [3.8, 4) is 11.5 Å². The summed E-state index contributed by atoms with van der Waals surface area (Å²) in [5, 5.41) is 13.5. The molecule has 1 N–H and O–H groups in total. The summed E-state index contributed by atoms with van der Waals surface area (Å²) in [4.78, 5) is 21.8. The summed E-state index contributed by atoms with van der Waals surface area (Å²) in [6.45, 7) is 2.60. The lowest BCUT2D eigenvalue weighted by Gasteiger charge is -2.10. The van der Waals surface area contributed by atoms with E-state index in [1.165, 1.54) is 25.3 Å². The first-order chi connectivity index (χ1) is 10.6. The zero-order valence-electron chi connectivity index (χ0n) is 13.0. The van der Waals surface area contributed by atoms with Crippen molar-refractivity contribution in [2.75, 3.05) is 20.3 Å². The van der Waals surface area contributed by atoms with Gasteiger partial charge in [0.25, 0.3) is 11.6 Å². The van der Waals surface area contributed by atoms with Crippen molar-refractivity contribution in [1.82, 2.24) is 5.32 Å². The van der Waals surface area contributed by atoms with Crippen LogP contribution in [0.15, 0.2) is 18.2 Å². The highest BCUT2D eigenvalue weighted by Gasteiger charge is 2.13. The van der Waals surface area contributed by atoms with E-state index in [2.05, 4.69) is 12.2 Å². The topological polar surface area (TPSA) is 90.7 Å². The average Bonchev–Trinajstić information content (AvgIpc) is 2.52. The fourth-order valence-electron chi connectivity index (χ4n) is 1.86. The molecule has 0 unspecified atom stereocenters. The molecule has 1 aromatic carbocycles. The molecular formula is C15H22N2O5. The number of hydrogen-bond donors (Lipinski definition) is 1. The van der Waals surface area contributed by atoms with E-state index in [0.717, 1.165) is 25.7 Å². The third-order valence-electron chi connectivity index (χ3n) is 3.07. The molecule has 0 spiro atoms. The van der Waals surface area contributed by atoms with Crippen LogP contribution in [0.4, 0.5) is 5.69 Å². The predicted octanol–water partition coefficient (Wildman–Crippen LogP) is 2.68. The Morgan fingerprint density at radius 3 is 2.68 bits per heavy atom. The second-order valence-electron chi connectivity index (χ2n) is 4.79. The number of rotatable bonds is 10. The number of nitrogens with one attached hydrogen (secondary N) is 1. The minimum atomic E-state index is -0.519. The fourth-order valence-corrected chi connectivity index (χ4v) is 1.86. The Labute approximate surface area is 129 Å². The van der Waals surface area contributed by atoms with Crippen molar-refractivity contribution in [2.24, 2.45) is 0 Å². The van der Waals surface area contributed by atoms with Gasteiger partial charge in [0.2, 0.25) is 0 Å². The monoisotopic (exact) mass is 310 g/mol. The van der Waals surface area contributed by atoms with Crippen LogP contribution in [-0.4, -0.2) is 31.1 Å². The molecule has 1 aromatic rings. The molecule has 0 radical (unpaired) electrons. The number of hydrogen-bond acceptors (Lipinski definition) is 5. The zero-order chi connectivity index (χ0) is 16.4. The van der Waals surface area contributed by atoms with Gasteiger partial charge in [0.15, 0.2) is 18.1 Å². The summed E-state index contributed by atoms with van der Waals surface area (Å²) in [5.41, 5.74) is -0.0930. The Morgan fingerprint density at radius 1 is 1.27 bits per heavy atom. The molecule has 0 fully saturated rings. The first-order valence-electron chi connectivity index (χ1n) is 7.30. The van der Waals surface area contributed by atoms with Crippen molar-refractivity contribution in [2.45, 2.75) is 32.6 Å². The molecule has 0 atom stereocenters. The third-order valence-corrected chi connectivity index (χ3v) is 3.07. The Hall–Kier alpha value is -2.31. The molecule has 1 amide bonds. The van der Waals surface area contributed by atoms with Crippen LogP contribution in [0.3, 0.4) is 0 Å². The standard InChI is InChI=1S/C15H22N2O5/c1-3-4-5-6-9-16-15(18)11-22-13-8-7-12(17(19)20)10-14(13)21-2/h7-8,10H,3-6,9,11H2,1-2H3,(H,16,18). The largest absolute Gasteiger partial charge is 0.493 e. The maximum atomic E-state index is 11.6. The van der Waals surface area contributed by atoms with Gasteiger partial charge < -0.3 is 14.8 Å². The SMILES string of the molecule is CCCCCCNC(=O)COc1ccc([N+](=O)[O-])cc1OC. The van der Waals surface area contributed by atoms with Crippen LogP contribution in [-0.2, 0) is 4.79 Å². The quantitative estimate of drug-likeness (QED) is 0.407. The second kappa shape index (κ2) is 9.59. The van der Waals surface area contributed by atoms with E-state index < -0.39 is 4.92 Å². The number of amides is 1. The van der Waals surface area contributed by atoms with Gasteiger partial charge in [-0.3, -0.25) is 14.9 Å². The average molecular weight is 310 g/mol. The zero-order valence-corrected chi connectivity index (χ0v) is 13.0. The molecule has 0 aromatic heterocycles. The Balaban J connectivity index is 2.43.